The predicted octanol–water partition coefficient (Wildman–Crippen LogP) is 4.89. The van der Waals surface area contributed by atoms with Crippen LogP contribution in [0.5, 0.6) is 11.5 Å². The Morgan fingerprint density at radius 3 is 2.30 bits per heavy atom. The summed E-state index contributed by atoms with van der Waals surface area (Å²) in [6.45, 7) is 6.57. The number of benzene rings is 2. The van der Waals surface area contributed by atoms with E-state index in [2.05, 4.69) is 48.6 Å². The maximum Gasteiger partial charge on any atom is 0.273 e. The number of carbonyl (C=O) groups excluding carboxylic acids is 1. The number of rotatable bonds is 9. The summed E-state index contributed by atoms with van der Waals surface area (Å²) in [6, 6.07) is 12.1. The highest BCUT2D eigenvalue weighted by molar-refractivity contribution is 5.95. The molecule has 1 aromatic heterocycles. The van der Waals surface area contributed by atoms with Gasteiger partial charge in [0.2, 0.25) is 0 Å². The van der Waals surface area contributed by atoms with E-state index in [1.54, 1.807) is 14.2 Å². The van der Waals surface area contributed by atoms with Gasteiger partial charge < -0.3 is 24.2 Å². The average molecular weight is 452 g/mol. The van der Waals surface area contributed by atoms with E-state index in [0.29, 0.717) is 24.5 Å². The molecule has 0 aliphatic carbocycles. The molecule has 7 nitrogen and oxygen atoms in total. The second-order valence-corrected chi connectivity index (χ2v) is 8.39. The lowest BCUT2D eigenvalue weighted by atomic mass is 9.94. The van der Waals surface area contributed by atoms with Gasteiger partial charge in [0.1, 0.15) is 11.5 Å². The van der Waals surface area contributed by atoms with Gasteiger partial charge in [-0.3, -0.25) is 4.79 Å². The number of carbonyl (C=O) groups is 1. The molecule has 0 saturated carbocycles. The van der Waals surface area contributed by atoms with Crippen LogP contribution in [-0.2, 0) is 6.42 Å². The van der Waals surface area contributed by atoms with Gasteiger partial charge in [0.05, 0.1) is 19.8 Å². The first-order chi connectivity index (χ1) is 15.8. The maximum absolute atomic E-state index is 12.8. The minimum absolute atomic E-state index is 0.220. The standard InChI is InChI=1S/C26H33N3O4/c1-8-27-26(30)24-21(13-17-9-11-18(12-10-17)29(4)5)25(33-28-24)20-14-19(16(2)3)22(31-6)15-23(20)32-7/h9-12,14-16H,8,13H2,1-7H3,(H,27,30). The van der Waals surface area contributed by atoms with E-state index in [4.69, 9.17) is 14.0 Å². The van der Waals surface area contributed by atoms with Crippen LogP contribution < -0.4 is 19.7 Å². The van der Waals surface area contributed by atoms with E-state index in [1.807, 2.05) is 38.1 Å². The van der Waals surface area contributed by atoms with Crippen molar-refractivity contribution in [2.24, 2.45) is 0 Å². The fraction of sp³-hybridized carbons (Fsp3) is 0.385. The van der Waals surface area contributed by atoms with Gasteiger partial charge in [-0.15, -0.1) is 0 Å². The molecule has 1 heterocycles. The SMILES string of the molecule is CCNC(=O)c1noc(-c2cc(C(C)C)c(OC)cc2OC)c1Cc1ccc(N(C)C)cc1. The van der Waals surface area contributed by atoms with Crippen LogP contribution in [0.15, 0.2) is 40.9 Å². The lowest BCUT2D eigenvalue weighted by Gasteiger charge is -2.17. The molecule has 1 N–H and O–H groups in total. The molecule has 0 bridgehead atoms. The molecule has 3 aromatic rings. The molecule has 0 aliphatic heterocycles. The van der Waals surface area contributed by atoms with Gasteiger partial charge >= 0.3 is 0 Å². The summed E-state index contributed by atoms with van der Waals surface area (Å²) in [6.07, 6.45) is 0.491. The minimum Gasteiger partial charge on any atom is -0.496 e. The fourth-order valence-corrected chi connectivity index (χ4v) is 3.78. The van der Waals surface area contributed by atoms with Crippen LogP contribution in [0.3, 0.4) is 0 Å². The second-order valence-electron chi connectivity index (χ2n) is 8.39. The van der Waals surface area contributed by atoms with Crippen molar-refractivity contribution in [3.63, 3.8) is 0 Å². The largest absolute Gasteiger partial charge is 0.496 e. The van der Waals surface area contributed by atoms with Gasteiger partial charge in [-0.25, -0.2) is 0 Å². The molecule has 1 amide bonds. The van der Waals surface area contributed by atoms with Gasteiger partial charge in [0, 0.05) is 44.4 Å². The van der Waals surface area contributed by atoms with Gasteiger partial charge in [0.15, 0.2) is 11.5 Å². The van der Waals surface area contributed by atoms with Gasteiger partial charge in [-0.1, -0.05) is 31.1 Å². The van der Waals surface area contributed by atoms with Crippen LogP contribution in [0, 0.1) is 0 Å². The zero-order valence-electron chi connectivity index (χ0n) is 20.5. The third-order valence-corrected chi connectivity index (χ3v) is 5.59. The first-order valence-corrected chi connectivity index (χ1v) is 11.1. The normalized spacial score (nSPS) is 10.9. The number of hydrogen-bond donors (Lipinski definition) is 1. The topological polar surface area (TPSA) is 76.8 Å². The molecule has 0 spiro atoms. The number of methoxy groups -OCH3 is 2. The van der Waals surface area contributed by atoms with Crippen LogP contribution >= 0.6 is 0 Å². The van der Waals surface area contributed by atoms with E-state index in [1.165, 1.54) is 0 Å². The molecule has 2 aromatic carbocycles. The Bertz CT molecular complexity index is 1100. The van der Waals surface area contributed by atoms with Crippen LogP contribution in [0.25, 0.3) is 11.3 Å². The molecule has 3 rings (SSSR count). The van der Waals surface area contributed by atoms with Crippen molar-refractivity contribution in [1.29, 1.82) is 0 Å². The molecular weight excluding hydrogens is 418 g/mol. The number of nitrogens with zero attached hydrogens (tertiary/aromatic N) is 2. The molecule has 0 saturated heterocycles. The minimum atomic E-state index is -0.260. The molecule has 7 heteroatoms. The number of anilines is 1. The lowest BCUT2D eigenvalue weighted by molar-refractivity contribution is 0.0946. The van der Waals surface area contributed by atoms with Crippen molar-refractivity contribution in [2.75, 3.05) is 39.8 Å². The highest BCUT2D eigenvalue weighted by Gasteiger charge is 2.26. The summed E-state index contributed by atoms with van der Waals surface area (Å²) in [5, 5.41) is 7.00. The fourth-order valence-electron chi connectivity index (χ4n) is 3.78. The molecule has 0 fully saturated rings. The van der Waals surface area contributed by atoms with Crippen LogP contribution in [0.1, 0.15) is 53.9 Å². The quantitative estimate of drug-likeness (QED) is 0.499. The van der Waals surface area contributed by atoms with Gasteiger partial charge in [-0.2, -0.15) is 0 Å². The van der Waals surface area contributed by atoms with Crippen molar-refractivity contribution in [3.05, 3.63) is 58.8 Å². The van der Waals surface area contributed by atoms with Crippen LogP contribution in [-0.4, -0.2) is 45.9 Å². The first kappa shape index (κ1) is 24.2. The predicted molar refractivity (Wildman–Crippen MR) is 131 cm³/mol. The smallest absolute Gasteiger partial charge is 0.273 e. The summed E-state index contributed by atoms with van der Waals surface area (Å²) >= 11 is 0. The molecule has 0 radical (unpaired) electrons. The first-order valence-electron chi connectivity index (χ1n) is 11.1. The molecule has 33 heavy (non-hydrogen) atoms. The molecule has 0 atom stereocenters. The molecule has 0 aliphatic rings. The number of hydrogen-bond acceptors (Lipinski definition) is 6. The summed E-state index contributed by atoms with van der Waals surface area (Å²) in [5.41, 5.74) is 4.92. The van der Waals surface area contributed by atoms with E-state index in [-0.39, 0.29) is 17.5 Å². The zero-order valence-corrected chi connectivity index (χ0v) is 20.5. The van der Waals surface area contributed by atoms with Gasteiger partial charge in [0.25, 0.3) is 5.91 Å². The Kier molecular flexibility index (Phi) is 7.63. The van der Waals surface area contributed by atoms with Gasteiger partial charge in [-0.05, 0) is 42.2 Å². The Hall–Kier alpha value is -3.48. The average Bonchev–Trinajstić information content (AvgIpc) is 3.21. The van der Waals surface area contributed by atoms with Crippen LogP contribution in [0.2, 0.25) is 0 Å². The van der Waals surface area contributed by atoms with Crippen LogP contribution in [0.4, 0.5) is 5.69 Å². The van der Waals surface area contributed by atoms with E-state index in [9.17, 15) is 4.79 Å². The zero-order chi connectivity index (χ0) is 24.1. The summed E-state index contributed by atoms with van der Waals surface area (Å²) in [5.74, 6) is 1.82. The number of aromatic nitrogens is 1. The Balaban J connectivity index is 2.16. The number of nitrogens with one attached hydrogen (secondary N) is 1. The Morgan fingerprint density at radius 2 is 1.76 bits per heavy atom. The van der Waals surface area contributed by atoms with E-state index >= 15 is 0 Å². The van der Waals surface area contributed by atoms with E-state index < -0.39 is 0 Å². The van der Waals surface area contributed by atoms with Crippen molar-refractivity contribution in [1.82, 2.24) is 10.5 Å². The lowest BCUT2D eigenvalue weighted by Crippen LogP contribution is -2.24. The summed E-state index contributed by atoms with van der Waals surface area (Å²) in [4.78, 5) is 14.8. The highest BCUT2D eigenvalue weighted by Crippen LogP contribution is 2.41. The van der Waals surface area contributed by atoms with E-state index in [0.717, 1.165) is 33.7 Å². The van der Waals surface area contributed by atoms with Crippen molar-refractivity contribution in [2.45, 2.75) is 33.1 Å². The number of ether oxygens (including phenoxy) is 2. The molecule has 176 valence electrons. The molecule has 0 unspecified atom stereocenters. The maximum atomic E-state index is 12.8. The monoisotopic (exact) mass is 451 g/mol. The van der Waals surface area contributed by atoms with Crippen molar-refractivity contribution >= 4 is 11.6 Å². The Morgan fingerprint density at radius 1 is 1.09 bits per heavy atom. The third-order valence-electron chi connectivity index (χ3n) is 5.59. The van der Waals surface area contributed by atoms with Crippen molar-refractivity contribution < 1.29 is 18.8 Å². The Labute approximate surface area is 195 Å². The summed E-state index contributed by atoms with van der Waals surface area (Å²) < 4.78 is 17.0. The third kappa shape index (κ3) is 5.13. The van der Waals surface area contributed by atoms with Crippen molar-refractivity contribution in [3.8, 4) is 22.8 Å². The number of amides is 1. The molecular formula is C26H33N3O4. The summed E-state index contributed by atoms with van der Waals surface area (Å²) in [7, 11) is 7.25. The highest BCUT2D eigenvalue weighted by atomic mass is 16.5. The second kappa shape index (κ2) is 10.4.